The molecule has 0 bridgehead atoms. The van der Waals surface area contributed by atoms with E-state index in [9.17, 15) is 4.79 Å². The Bertz CT molecular complexity index is 1510. The molecule has 36 heavy (non-hydrogen) atoms. The van der Waals surface area contributed by atoms with Gasteiger partial charge in [-0.25, -0.2) is 4.98 Å². The van der Waals surface area contributed by atoms with E-state index in [1.807, 2.05) is 60.0 Å². The SMILES string of the molecule is COc1cccc([C@H]2C(C(=O)Nc3cc(OC)c(Cl)cc3OC)=C(C)Nc3nc4ccccc4n32)c1. The van der Waals surface area contributed by atoms with Crippen LogP contribution in [0.4, 0.5) is 11.6 Å². The van der Waals surface area contributed by atoms with E-state index in [0.717, 1.165) is 16.6 Å². The van der Waals surface area contributed by atoms with Crippen LogP contribution >= 0.6 is 11.6 Å². The van der Waals surface area contributed by atoms with Crippen LogP contribution in [0.2, 0.25) is 5.02 Å². The zero-order chi connectivity index (χ0) is 25.4. The number of amides is 1. The predicted octanol–water partition coefficient (Wildman–Crippen LogP) is 5.64. The molecule has 2 heterocycles. The number of fused-ring (bicyclic) bond motifs is 3. The number of rotatable bonds is 6. The minimum Gasteiger partial charge on any atom is -0.497 e. The smallest absolute Gasteiger partial charge is 0.255 e. The minimum atomic E-state index is -0.469. The monoisotopic (exact) mass is 504 g/mol. The second-order valence-corrected chi connectivity index (χ2v) is 8.69. The molecule has 0 unspecified atom stereocenters. The maximum atomic E-state index is 13.9. The van der Waals surface area contributed by atoms with Crippen molar-refractivity contribution in [3.8, 4) is 17.2 Å². The summed E-state index contributed by atoms with van der Waals surface area (Å²) in [4.78, 5) is 18.7. The summed E-state index contributed by atoms with van der Waals surface area (Å²) in [7, 11) is 4.65. The van der Waals surface area contributed by atoms with Crippen molar-refractivity contribution in [3.05, 3.63) is 82.5 Å². The number of nitrogens with zero attached hydrogens (tertiary/aromatic N) is 2. The predicted molar refractivity (Wildman–Crippen MR) is 140 cm³/mol. The molecule has 0 saturated carbocycles. The van der Waals surface area contributed by atoms with Crippen LogP contribution < -0.4 is 24.8 Å². The van der Waals surface area contributed by atoms with E-state index in [1.165, 1.54) is 14.2 Å². The lowest BCUT2D eigenvalue weighted by Crippen LogP contribution is -2.31. The van der Waals surface area contributed by atoms with Crippen LogP contribution in [-0.2, 0) is 4.79 Å². The van der Waals surface area contributed by atoms with Gasteiger partial charge < -0.3 is 24.8 Å². The van der Waals surface area contributed by atoms with Crippen LogP contribution in [0.25, 0.3) is 11.0 Å². The Balaban J connectivity index is 1.65. The number of anilines is 2. The van der Waals surface area contributed by atoms with E-state index in [2.05, 4.69) is 10.6 Å². The van der Waals surface area contributed by atoms with Gasteiger partial charge in [0.15, 0.2) is 0 Å². The second kappa shape index (κ2) is 9.47. The summed E-state index contributed by atoms with van der Waals surface area (Å²) in [5.74, 6) is 1.89. The molecule has 1 aromatic heterocycles. The second-order valence-electron chi connectivity index (χ2n) is 8.28. The number of hydrogen-bond donors (Lipinski definition) is 2. The third-order valence-electron chi connectivity index (χ3n) is 6.21. The number of hydrogen-bond acceptors (Lipinski definition) is 6. The standard InChI is InChI=1S/C27H25ClN4O4/c1-15-24(26(33)30-20-14-22(35-3)18(28)13-23(20)36-4)25(16-8-7-9-17(12-16)34-2)32-21-11-6-5-10-19(21)31-27(32)29-15/h5-14,25H,1-4H3,(H,29,31)(H,30,33)/t25-/m0/s1. The van der Waals surface area contributed by atoms with Crippen LogP contribution in [0.5, 0.6) is 17.2 Å². The molecule has 8 nitrogen and oxygen atoms in total. The molecule has 0 fully saturated rings. The fraction of sp³-hybridized carbons (Fsp3) is 0.185. The number of ether oxygens (including phenoxy) is 3. The first-order valence-corrected chi connectivity index (χ1v) is 11.6. The maximum absolute atomic E-state index is 13.9. The molecule has 4 aromatic rings. The van der Waals surface area contributed by atoms with Gasteiger partial charge in [-0.15, -0.1) is 0 Å². The molecule has 0 saturated heterocycles. The minimum absolute atomic E-state index is 0.307. The molecule has 0 spiro atoms. The lowest BCUT2D eigenvalue weighted by atomic mass is 9.94. The molecule has 1 atom stereocenters. The van der Waals surface area contributed by atoms with E-state index in [1.54, 1.807) is 19.2 Å². The van der Waals surface area contributed by atoms with Crippen LogP contribution in [0.3, 0.4) is 0 Å². The molecule has 5 rings (SSSR count). The molecule has 9 heteroatoms. The zero-order valence-corrected chi connectivity index (χ0v) is 21.0. The summed E-state index contributed by atoms with van der Waals surface area (Å²) in [5.41, 5.74) is 4.25. The van der Waals surface area contributed by atoms with E-state index in [0.29, 0.717) is 45.2 Å². The van der Waals surface area contributed by atoms with Crippen molar-refractivity contribution in [2.75, 3.05) is 32.0 Å². The summed E-state index contributed by atoms with van der Waals surface area (Å²) >= 11 is 6.26. The van der Waals surface area contributed by atoms with E-state index < -0.39 is 6.04 Å². The number of benzene rings is 3. The van der Waals surface area contributed by atoms with E-state index in [4.69, 9.17) is 30.8 Å². The van der Waals surface area contributed by atoms with Gasteiger partial charge in [-0.1, -0.05) is 35.9 Å². The molecule has 0 aliphatic carbocycles. The van der Waals surface area contributed by atoms with Gasteiger partial charge in [-0.2, -0.15) is 0 Å². The van der Waals surface area contributed by atoms with E-state index in [-0.39, 0.29) is 5.91 Å². The highest BCUT2D eigenvalue weighted by molar-refractivity contribution is 6.32. The first-order valence-electron chi connectivity index (χ1n) is 11.3. The first kappa shape index (κ1) is 23.6. The lowest BCUT2D eigenvalue weighted by molar-refractivity contribution is -0.113. The van der Waals surface area contributed by atoms with Crippen molar-refractivity contribution in [1.29, 1.82) is 0 Å². The van der Waals surface area contributed by atoms with Gasteiger partial charge in [0.25, 0.3) is 5.91 Å². The first-order chi connectivity index (χ1) is 17.4. The van der Waals surface area contributed by atoms with Crippen LogP contribution in [0.15, 0.2) is 71.9 Å². The topological polar surface area (TPSA) is 86.6 Å². The van der Waals surface area contributed by atoms with Gasteiger partial charge in [-0.3, -0.25) is 9.36 Å². The number of para-hydroxylation sites is 2. The van der Waals surface area contributed by atoms with Crippen molar-refractivity contribution in [1.82, 2.24) is 9.55 Å². The Hall–Kier alpha value is -4.17. The fourth-order valence-electron chi connectivity index (χ4n) is 4.53. The van der Waals surface area contributed by atoms with E-state index >= 15 is 0 Å². The summed E-state index contributed by atoms with van der Waals surface area (Å²) < 4.78 is 18.3. The van der Waals surface area contributed by atoms with Gasteiger partial charge in [0, 0.05) is 17.8 Å². The lowest BCUT2D eigenvalue weighted by Gasteiger charge is -2.31. The average Bonchev–Trinajstić information content (AvgIpc) is 3.26. The summed E-state index contributed by atoms with van der Waals surface area (Å²) in [6.45, 7) is 1.87. The molecule has 2 N–H and O–H groups in total. The van der Waals surface area contributed by atoms with Crippen LogP contribution in [-0.4, -0.2) is 36.8 Å². The summed E-state index contributed by atoms with van der Waals surface area (Å²) in [6, 6.07) is 18.3. The third kappa shape index (κ3) is 3.99. The van der Waals surface area contributed by atoms with Crippen LogP contribution in [0, 0.1) is 0 Å². The molecule has 1 aliphatic heterocycles. The zero-order valence-electron chi connectivity index (χ0n) is 20.3. The highest BCUT2D eigenvalue weighted by Crippen LogP contribution is 2.41. The van der Waals surface area contributed by atoms with Crippen LogP contribution in [0.1, 0.15) is 18.5 Å². The molecule has 184 valence electrons. The fourth-order valence-corrected chi connectivity index (χ4v) is 4.76. The van der Waals surface area contributed by atoms with Gasteiger partial charge in [0.1, 0.15) is 17.2 Å². The number of imidazole rings is 1. The van der Waals surface area contributed by atoms with Crippen molar-refractivity contribution in [2.24, 2.45) is 0 Å². The molecule has 1 amide bonds. The van der Waals surface area contributed by atoms with Gasteiger partial charge in [0.2, 0.25) is 5.95 Å². The normalized spacial score (nSPS) is 14.8. The number of methoxy groups -OCH3 is 3. The summed E-state index contributed by atoms with van der Waals surface area (Å²) in [6.07, 6.45) is 0. The van der Waals surface area contributed by atoms with Gasteiger partial charge in [0.05, 0.1) is 54.7 Å². The number of nitrogens with one attached hydrogen (secondary N) is 2. The quantitative estimate of drug-likeness (QED) is 0.353. The largest absolute Gasteiger partial charge is 0.497 e. The summed E-state index contributed by atoms with van der Waals surface area (Å²) in [5, 5.41) is 6.69. The molecule has 3 aromatic carbocycles. The molecule has 1 aliphatic rings. The Kier molecular flexibility index (Phi) is 6.20. The molecular weight excluding hydrogens is 480 g/mol. The van der Waals surface area contributed by atoms with Gasteiger partial charge in [-0.05, 0) is 36.8 Å². The number of carbonyl (C=O) groups is 1. The van der Waals surface area contributed by atoms with Crippen molar-refractivity contribution in [2.45, 2.75) is 13.0 Å². The Morgan fingerprint density at radius 1 is 1.00 bits per heavy atom. The van der Waals surface area contributed by atoms with Crippen molar-refractivity contribution < 1.29 is 19.0 Å². The maximum Gasteiger partial charge on any atom is 0.255 e. The highest BCUT2D eigenvalue weighted by Gasteiger charge is 2.34. The Morgan fingerprint density at radius 3 is 2.53 bits per heavy atom. The molecule has 0 radical (unpaired) electrons. The Labute approximate surface area is 213 Å². The number of allylic oxidation sites excluding steroid dienone is 1. The van der Waals surface area contributed by atoms with Gasteiger partial charge >= 0.3 is 0 Å². The number of aromatic nitrogens is 2. The average molecular weight is 505 g/mol. The molecular formula is C27H25ClN4O4. The Morgan fingerprint density at radius 2 is 1.78 bits per heavy atom. The van der Waals surface area contributed by atoms with Crippen molar-refractivity contribution in [3.63, 3.8) is 0 Å². The third-order valence-corrected chi connectivity index (χ3v) is 6.50. The number of carbonyl (C=O) groups excluding carboxylic acids is 1. The van der Waals surface area contributed by atoms with Crippen molar-refractivity contribution >= 4 is 40.2 Å². The number of halogens is 1. The highest BCUT2D eigenvalue weighted by atomic mass is 35.5.